The predicted molar refractivity (Wildman–Crippen MR) is 69.8 cm³/mol. The van der Waals surface area contributed by atoms with E-state index in [1.54, 1.807) is 11.0 Å². The molecule has 0 aliphatic carbocycles. The Labute approximate surface area is 112 Å². The first kappa shape index (κ1) is 13.1. The van der Waals surface area contributed by atoms with Crippen molar-refractivity contribution in [3.63, 3.8) is 0 Å². The van der Waals surface area contributed by atoms with Crippen molar-refractivity contribution in [1.82, 2.24) is 9.88 Å². The van der Waals surface area contributed by atoms with Crippen LogP contribution in [0.25, 0.3) is 0 Å². The molecule has 1 aromatic heterocycles. The molecule has 1 aromatic rings. The summed E-state index contributed by atoms with van der Waals surface area (Å²) in [6, 6.07) is 5.55. The Morgan fingerprint density at radius 2 is 2.11 bits per heavy atom. The topological polar surface area (TPSA) is 42.4 Å². The summed E-state index contributed by atoms with van der Waals surface area (Å²) >= 11 is 5.84. The molecule has 1 saturated heterocycles. The number of hydrogen-bond acceptors (Lipinski definition) is 3. The van der Waals surface area contributed by atoms with E-state index >= 15 is 0 Å². The Morgan fingerprint density at radius 1 is 1.44 bits per heavy atom. The highest BCUT2D eigenvalue weighted by Crippen LogP contribution is 2.27. The van der Waals surface area contributed by atoms with Crippen molar-refractivity contribution in [3.8, 4) is 0 Å². The minimum Gasteiger partial charge on any atom is -0.444 e. The fourth-order valence-electron chi connectivity index (χ4n) is 1.79. The van der Waals surface area contributed by atoms with E-state index in [2.05, 4.69) is 4.98 Å². The molecular weight excluding hydrogens is 252 g/mol. The van der Waals surface area contributed by atoms with Crippen LogP contribution in [-0.2, 0) is 4.74 Å². The molecule has 0 unspecified atom stereocenters. The summed E-state index contributed by atoms with van der Waals surface area (Å²) in [5.74, 6) is 0.260. The van der Waals surface area contributed by atoms with Crippen molar-refractivity contribution >= 4 is 17.7 Å². The second-order valence-electron chi connectivity index (χ2n) is 5.47. The van der Waals surface area contributed by atoms with E-state index in [9.17, 15) is 4.79 Å². The van der Waals surface area contributed by atoms with Gasteiger partial charge in [0.05, 0.1) is 0 Å². The molecule has 5 heteroatoms. The highest BCUT2D eigenvalue weighted by molar-refractivity contribution is 6.29. The molecule has 0 radical (unpaired) electrons. The molecule has 0 saturated carbocycles. The Morgan fingerprint density at radius 3 is 2.67 bits per heavy atom. The van der Waals surface area contributed by atoms with Crippen LogP contribution in [0, 0.1) is 0 Å². The molecule has 0 bridgehead atoms. The monoisotopic (exact) mass is 268 g/mol. The maximum Gasteiger partial charge on any atom is 0.410 e. The number of amides is 1. The second kappa shape index (κ2) is 4.76. The Kier molecular flexibility index (Phi) is 3.48. The number of hydrogen-bond donors (Lipinski definition) is 0. The fourth-order valence-corrected chi connectivity index (χ4v) is 1.96. The van der Waals surface area contributed by atoms with Crippen molar-refractivity contribution in [2.24, 2.45) is 0 Å². The van der Waals surface area contributed by atoms with Gasteiger partial charge >= 0.3 is 6.09 Å². The first-order valence-corrected chi connectivity index (χ1v) is 6.33. The number of halogens is 1. The van der Waals surface area contributed by atoms with Crippen LogP contribution in [0.3, 0.4) is 0 Å². The Hall–Kier alpha value is -1.29. The number of carbonyl (C=O) groups excluding carboxylic acids is 1. The van der Waals surface area contributed by atoms with E-state index in [4.69, 9.17) is 16.3 Å². The van der Waals surface area contributed by atoms with E-state index in [1.807, 2.05) is 32.9 Å². The van der Waals surface area contributed by atoms with Gasteiger partial charge < -0.3 is 9.64 Å². The van der Waals surface area contributed by atoms with Gasteiger partial charge in [-0.05, 0) is 32.9 Å². The Bertz CT molecular complexity index is 451. The number of pyridine rings is 1. The maximum absolute atomic E-state index is 11.7. The summed E-state index contributed by atoms with van der Waals surface area (Å²) < 4.78 is 5.29. The summed E-state index contributed by atoms with van der Waals surface area (Å²) in [5, 5.41) is 0.489. The third kappa shape index (κ3) is 3.13. The fraction of sp³-hybridized carbons (Fsp3) is 0.538. The van der Waals surface area contributed by atoms with E-state index in [1.165, 1.54) is 0 Å². The zero-order chi connectivity index (χ0) is 13.3. The van der Waals surface area contributed by atoms with Crippen LogP contribution in [0.4, 0.5) is 4.79 Å². The normalized spacial score (nSPS) is 16.3. The van der Waals surface area contributed by atoms with Gasteiger partial charge in [-0.25, -0.2) is 9.78 Å². The third-order valence-electron chi connectivity index (χ3n) is 2.69. The minimum absolute atomic E-state index is 0.260. The van der Waals surface area contributed by atoms with Crippen molar-refractivity contribution in [1.29, 1.82) is 0 Å². The number of ether oxygens (including phenoxy) is 1. The van der Waals surface area contributed by atoms with Crippen LogP contribution in [0.15, 0.2) is 18.2 Å². The van der Waals surface area contributed by atoms with Gasteiger partial charge in [0.1, 0.15) is 10.8 Å². The average molecular weight is 269 g/mol. The van der Waals surface area contributed by atoms with Crippen molar-refractivity contribution < 1.29 is 9.53 Å². The first-order valence-electron chi connectivity index (χ1n) is 5.95. The summed E-state index contributed by atoms with van der Waals surface area (Å²) in [6.07, 6.45) is -0.263. The van der Waals surface area contributed by atoms with E-state index < -0.39 is 5.60 Å². The van der Waals surface area contributed by atoms with Gasteiger partial charge in [-0.15, -0.1) is 0 Å². The molecule has 4 nitrogen and oxygen atoms in total. The molecule has 18 heavy (non-hydrogen) atoms. The smallest absolute Gasteiger partial charge is 0.410 e. The SMILES string of the molecule is CC(C)(C)OC(=O)N1CC(c2cccc(Cl)n2)C1. The van der Waals surface area contributed by atoms with Gasteiger partial charge in [0, 0.05) is 24.7 Å². The highest BCUT2D eigenvalue weighted by atomic mass is 35.5. The molecule has 2 rings (SSSR count). The summed E-state index contributed by atoms with van der Waals surface area (Å²) in [6.45, 7) is 6.87. The molecule has 1 aliphatic heterocycles. The third-order valence-corrected chi connectivity index (χ3v) is 2.90. The van der Waals surface area contributed by atoms with Gasteiger partial charge in [-0.1, -0.05) is 17.7 Å². The lowest BCUT2D eigenvalue weighted by atomic mass is 9.96. The molecule has 0 spiro atoms. The first-order chi connectivity index (χ1) is 8.35. The largest absolute Gasteiger partial charge is 0.444 e. The van der Waals surface area contributed by atoms with E-state index in [-0.39, 0.29) is 12.0 Å². The molecule has 0 N–H and O–H groups in total. The van der Waals surface area contributed by atoms with Crippen molar-refractivity contribution in [3.05, 3.63) is 29.0 Å². The van der Waals surface area contributed by atoms with Gasteiger partial charge in [0.2, 0.25) is 0 Å². The number of rotatable bonds is 1. The lowest BCUT2D eigenvalue weighted by Gasteiger charge is -2.39. The molecule has 2 heterocycles. The number of likely N-dealkylation sites (tertiary alicyclic amines) is 1. The van der Waals surface area contributed by atoms with Gasteiger partial charge in [0.25, 0.3) is 0 Å². The lowest BCUT2D eigenvalue weighted by Crippen LogP contribution is -2.50. The molecule has 1 aliphatic rings. The van der Waals surface area contributed by atoms with E-state index in [0.29, 0.717) is 18.2 Å². The van der Waals surface area contributed by atoms with Crippen molar-refractivity contribution in [2.45, 2.75) is 32.3 Å². The lowest BCUT2D eigenvalue weighted by molar-refractivity contribution is 0.00788. The molecular formula is C13H17ClN2O2. The predicted octanol–water partition coefficient (Wildman–Crippen LogP) is 3.07. The van der Waals surface area contributed by atoms with Crippen LogP contribution < -0.4 is 0 Å². The second-order valence-corrected chi connectivity index (χ2v) is 5.85. The Balaban J connectivity index is 1.89. The van der Waals surface area contributed by atoms with Crippen LogP contribution >= 0.6 is 11.6 Å². The highest BCUT2D eigenvalue weighted by Gasteiger charge is 2.35. The average Bonchev–Trinajstić information content (AvgIpc) is 2.11. The summed E-state index contributed by atoms with van der Waals surface area (Å²) in [5.41, 5.74) is 0.485. The number of aromatic nitrogens is 1. The maximum atomic E-state index is 11.7. The molecule has 0 atom stereocenters. The zero-order valence-electron chi connectivity index (χ0n) is 10.8. The van der Waals surface area contributed by atoms with Crippen LogP contribution in [0.2, 0.25) is 5.15 Å². The standard InChI is InChI=1S/C13H17ClN2O2/c1-13(2,3)18-12(17)16-7-9(8-16)10-5-4-6-11(14)15-10/h4-6,9H,7-8H2,1-3H3. The van der Waals surface area contributed by atoms with Crippen molar-refractivity contribution in [2.75, 3.05) is 13.1 Å². The molecule has 1 amide bonds. The minimum atomic E-state index is -0.448. The zero-order valence-corrected chi connectivity index (χ0v) is 11.6. The quantitative estimate of drug-likeness (QED) is 0.735. The van der Waals surface area contributed by atoms with Gasteiger partial charge in [0.15, 0.2) is 0 Å². The molecule has 1 fully saturated rings. The number of carbonyl (C=O) groups is 1. The van der Waals surface area contributed by atoms with Crippen LogP contribution in [-0.4, -0.2) is 34.7 Å². The molecule has 98 valence electrons. The van der Waals surface area contributed by atoms with Gasteiger partial charge in [-0.3, -0.25) is 0 Å². The van der Waals surface area contributed by atoms with Crippen LogP contribution in [0.5, 0.6) is 0 Å². The summed E-state index contributed by atoms with van der Waals surface area (Å²) in [7, 11) is 0. The van der Waals surface area contributed by atoms with E-state index in [0.717, 1.165) is 5.69 Å². The summed E-state index contributed by atoms with van der Waals surface area (Å²) in [4.78, 5) is 17.7. The molecule has 0 aromatic carbocycles. The number of nitrogens with zero attached hydrogens (tertiary/aromatic N) is 2. The van der Waals surface area contributed by atoms with Gasteiger partial charge in [-0.2, -0.15) is 0 Å². The van der Waals surface area contributed by atoms with Crippen LogP contribution in [0.1, 0.15) is 32.4 Å².